The molecule has 0 aromatic carbocycles. The molecule has 6 nitrogen and oxygen atoms in total. The fourth-order valence-corrected chi connectivity index (χ4v) is 2.03. The second kappa shape index (κ2) is 4.99. The van der Waals surface area contributed by atoms with Gasteiger partial charge in [-0.25, -0.2) is 9.97 Å². The summed E-state index contributed by atoms with van der Waals surface area (Å²) in [6.45, 7) is 4.72. The molecule has 0 spiro atoms. The number of amides is 1. The van der Waals surface area contributed by atoms with Crippen LogP contribution in [0.1, 0.15) is 13.3 Å². The molecule has 0 atom stereocenters. The quantitative estimate of drug-likeness (QED) is 0.748. The highest BCUT2D eigenvalue weighted by Crippen LogP contribution is 2.18. The first-order chi connectivity index (χ1) is 8.18. The van der Waals surface area contributed by atoms with Crippen LogP contribution in [0.4, 0.5) is 11.6 Å². The van der Waals surface area contributed by atoms with Gasteiger partial charge in [-0.2, -0.15) is 0 Å². The minimum Gasteiger partial charge on any atom is -0.381 e. The third kappa shape index (κ3) is 2.64. The number of nitrogens with two attached hydrogens (primary N) is 1. The second-order valence-electron chi connectivity index (χ2n) is 4.11. The van der Waals surface area contributed by atoms with Gasteiger partial charge in [0.15, 0.2) is 11.6 Å². The summed E-state index contributed by atoms with van der Waals surface area (Å²) in [6.07, 6.45) is 4.15. The van der Waals surface area contributed by atoms with Crippen molar-refractivity contribution in [2.24, 2.45) is 0 Å². The number of rotatable bonds is 1. The largest absolute Gasteiger partial charge is 0.381 e. The Morgan fingerprint density at radius 3 is 2.71 bits per heavy atom. The van der Waals surface area contributed by atoms with Crippen LogP contribution in [0, 0.1) is 0 Å². The Hall–Kier alpha value is -1.85. The lowest BCUT2D eigenvalue weighted by atomic mass is 10.3. The van der Waals surface area contributed by atoms with E-state index in [-0.39, 0.29) is 5.91 Å². The van der Waals surface area contributed by atoms with E-state index in [0.717, 1.165) is 31.9 Å². The van der Waals surface area contributed by atoms with Crippen LogP contribution in [-0.2, 0) is 4.79 Å². The third-order valence-electron chi connectivity index (χ3n) is 2.95. The number of hydrogen-bond acceptors (Lipinski definition) is 5. The van der Waals surface area contributed by atoms with E-state index in [1.165, 1.54) is 0 Å². The predicted molar refractivity (Wildman–Crippen MR) is 65.5 cm³/mol. The van der Waals surface area contributed by atoms with Crippen molar-refractivity contribution in [3.63, 3.8) is 0 Å². The minimum atomic E-state index is 0.124. The van der Waals surface area contributed by atoms with Gasteiger partial charge in [-0.3, -0.25) is 4.79 Å². The fourth-order valence-electron chi connectivity index (χ4n) is 2.03. The fraction of sp³-hybridized carbons (Fsp3) is 0.545. The van der Waals surface area contributed by atoms with Gasteiger partial charge in [0.2, 0.25) is 5.91 Å². The van der Waals surface area contributed by atoms with Crippen molar-refractivity contribution in [1.29, 1.82) is 0 Å². The number of aromatic nitrogens is 2. The molecule has 1 aromatic rings. The Kier molecular flexibility index (Phi) is 3.41. The molecule has 2 rings (SSSR count). The maximum Gasteiger partial charge on any atom is 0.219 e. The van der Waals surface area contributed by atoms with E-state index in [1.54, 1.807) is 19.3 Å². The molecule has 6 heteroatoms. The van der Waals surface area contributed by atoms with Crippen LogP contribution in [0.3, 0.4) is 0 Å². The molecule has 17 heavy (non-hydrogen) atoms. The Morgan fingerprint density at radius 2 is 2.00 bits per heavy atom. The molecule has 0 saturated carbocycles. The van der Waals surface area contributed by atoms with Gasteiger partial charge < -0.3 is 15.5 Å². The highest BCUT2D eigenvalue weighted by Gasteiger charge is 2.18. The van der Waals surface area contributed by atoms with E-state index < -0.39 is 0 Å². The van der Waals surface area contributed by atoms with Crippen molar-refractivity contribution in [2.75, 3.05) is 36.8 Å². The van der Waals surface area contributed by atoms with Gasteiger partial charge in [-0.05, 0) is 6.42 Å². The van der Waals surface area contributed by atoms with Crippen LogP contribution in [0.2, 0.25) is 0 Å². The Morgan fingerprint density at radius 1 is 1.24 bits per heavy atom. The first-order valence-corrected chi connectivity index (χ1v) is 5.75. The molecule has 0 aliphatic carbocycles. The maximum atomic E-state index is 11.3. The smallest absolute Gasteiger partial charge is 0.219 e. The lowest BCUT2D eigenvalue weighted by molar-refractivity contribution is -0.128. The average Bonchev–Trinajstić information content (AvgIpc) is 2.55. The number of nitrogen functional groups attached to an aromatic ring is 1. The minimum absolute atomic E-state index is 0.124. The van der Waals surface area contributed by atoms with Crippen LogP contribution >= 0.6 is 0 Å². The van der Waals surface area contributed by atoms with E-state index in [9.17, 15) is 4.79 Å². The summed E-state index contributed by atoms with van der Waals surface area (Å²) in [5.74, 6) is 1.29. The summed E-state index contributed by atoms with van der Waals surface area (Å²) >= 11 is 0. The molecule has 0 bridgehead atoms. The van der Waals surface area contributed by atoms with E-state index in [2.05, 4.69) is 14.9 Å². The van der Waals surface area contributed by atoms with Gasteiger partial charge in [0.05, 0.1) is 0 Å². The van der Waals surface area contributed by atoms with Crippen molar-refractivity contribution in [1.82, 2.24) is 14.9 Å². The summed E-state index contributed by atoms with van der Waals surface area (Å²) in [5, 5.41) is 0. The summed E-state index contributed by atoms with van der Waals surface area (Å²) in [7, 11) is 0. The zero-order chi connectivity index (χ0) is 12.3. The summed E-state index contributed by atoms with van der Waals surface area (Å²) in [4.78, 5) is 23.5. The first-order valence-electron chi connectivity index (χ1n) is 5.75. The second-order valence-corrected chi connectivity index (χ2v) is 4.11. The van der Waals surface area contributed by atoms with E-state index in [4.69, 9.17) is 5.73 Å². The van der Waals surface area contributed by atoms with Gasteiger partial charge in [0.1, 0.15) is 0 Å². The molecule has 1 amide bonds. The van der Waals surface area contributed by atoms with Crippen molar-refractivity contribution in [3.05, 3.63) is 12.4 Å². The molecule has 2 heterocycles. The van der Waals surface area contributed by atoms with E-state index in [1.807, 2.05) is 4.90 Å². The molecule has 92 valence electrons. The maximum absolute atomic E-state index is 11.3. The molecular weight excluding hydrogens is 218 g/mol. The zero-order valence-electron chi connectivity index (χ0n) is 9.96. The molecule has 0 unspecified atom stereocenters. The van der Waals surface area contributed by atoms with Crippen molar-refractivity contribution in [3.8, 4) is 0 Å². The van der Waals surface area contributed by atoms with Gasteiger partial charge in [-0.15, -0.1) is 0 Å². The SMILES string of the molecule is CC(=O)N1CCCN(c2nccnc2N)CC1. The van der Waals surface area contributed by atoms with Crippen LogP contribution in [-0.4, -0.2) is 47.0 Å². The van der Waals surface area contributed by atoms with E-state index in [0.29, 0.717) is 12.4 Å². The number of carbonyl (C=O) groups is 1. The van der Waals surface area contributed by atoms with Crippen molar-refractivity contribution < 1.29 is 4.79 Å². The summed E-state index contributed by atoms with van der Waals surface area (Å²) < 4.78 is 0. The van der Waals surface area contributed by atoms with Crippen LogP contribution in [0.5, 0.6) is 0 Å². The highest BCUT2D eigenvalue weighted by atomic mass is 16.2. The lowest BCUT2D eigenvalue weighted by Gasteiger charge is -2.22. The van der Waals surface area contributed by atoms with Gasteiger partial charge in [-0.1, -0.05) is 0 Å². The normalized spacial score (nSPS) is 16.8. The van der Waals surface area contributed by atoms with Crippen molar-refractivity contribution >= 4 is 17.5 Å². The van der Waals surface area contributed by atoms with Gasteiger partial charge in [0.25, 0.3) is 0 Å². The molecule has 0 radical (unpaired) electrons. The predicted octanol–water partition coefficient (Wildman–Crippen LogP) is 0.117. The topological polar surface area (TPSA) is 75.4 Å². The molecule has 1 aliphatic rings. The van der Waals surface area contributed by atoms with Crippen LogP contribution < -0.4 is 10.6 Å². The van der Waals surface area contributed by atoms with Crippen LogP contribution in [0.15, 0.2) is 12.4 Å². The van der Waals surface area contributed by atoms with Crippen LogP contribution in [0.25, 0.3) is 0 Å². The molecule has 1 aliphatic heterocycles. The summed E-state index contributed by atoms with van der Waals surface area (Å²) in [6, 6.07) is 0. The monoisotopic (exact) mass is 235 g/mol. The number of nitrogens with zero attached hydrogens (tertiary/aromatic N) is 4. The third-order valence-corrected chi connectivity index (χ3v) is 2.95. The molecule has 1 aromatic heterocycles. The molecule has 2 N–H and O–H groups in total. The van der Waals surface area contributed by atoms with Crippen molar-refractivity contribution in [2.45, 2.75) is 13.3 Å². The number of hydrogen-bond donors (Lipinski definition) is 1. The average molecular weight is 235 g/mol. The van der Waals surface area contributed by atoms with Gasteiger partial charge >= 0.3 is 0 Å². The molecule has 1 fully saturated rings. The highest BCUT2D eigenvalue weighted by molar-refractivity contribution is 5.73. The Labute approximate surface area is 100 Å². The zero-order valence-corrected chi connectivity index (χ0v) is 9.96. The molecular formula is C11H17N5O. The van der Waals surface area contributed by atoms with E-state index >= 15 is 0 Å². The van der Waals surface area contributed by atoms with Gasteiger partial charge in [0, 0.05) is 45.5 Å². The first kappa shape index (κ1) is 11.6. The standard InChI is InChI=1S/C11H17N5O/c1-9(17)15-5-2-6-16(8-7-15)11-10(12)13-3-4-14-11/h3-4H,2,5-8H2,1H3,(H2,12,13). The number of anilines is 2. The Bertz CT molecular complexity index is 409. The Balaban J connectivity index is 2.09. The number of carbonyl (C=O) groups excluding carboxylic acids is 1. The summed E-state index contributed by atoms with van der Waals surface area (Å²) in [5.41, 5.74) is 5.80. The lowest BCUT2D eigenvalue weighted by Crippen LogP contribution is -2.34. The molecule has 1 saturated heterocycles.